The molecule has 0 N–H and O–H groups in total. The zero-order valence-corrected chi connectivity index (χ0v) is 12.4. The molecule has 3 rings (SSSR count). The molecule has 110 valence electrons. The SMILES string of the molecule is O=[N+]([O-])c1ccc(-c2noc(-c3cccc(Cl)c3Cl)n2)cc1. The first-order valence-electron chi connectivity index (χ1n) is 6.09. The number of benzene rings is 2. The van der Waals surface area contributed by atoms with Crippen molar-refractivity contribution in [1.82, 2.24) is 10.1 Å². The van der Waals surface area contributed by atoms with E-state index in [0.717, 1.165) is 0 Å². The number of nitrogens with zero attached hydrogens (tertiary/aromatic N) is 3. The van der Waals surface area contributed by atoms with Gasteiger partial charge in [-0.25, -0.2) is 0 Å². The molecule has 0 bridgehead atoms. The van der Waals surface area contributed by atoms with E-state index >= 15 is 0 Å². The van der Waals surface area contributed by atoms with Crippen LogP contribution in [0.1, 0.15) is 0 Å². The molecule has 8 heteroatoms. The van der Waals surface area contributed by atoms with Gasteiger partial charge in [0.05, 0.1) is 20.5 Å². The van der Waals surface area contributed by atoms with Crippen molar-refractivity contribution in [2.75, 3.05) is 0 Å². The Kier molecular flexibility index (Phi) is 3.79. The summed E-state index contributed by atoms with van der Waals surface area (Å²) >= 11 is 12.1. The fourth-order valence-electron chi connectivity index (χ4n) is 1.85. The van der Waals surface area contributed by atoms with Crippen molar-refractivity contribution in [3.8, 4) is 22.8 Å². The molecule has 1 aromatic heterocycles. The second-order valence-corrected chi connectivity index (χ2v) is 5.11. The molecule has 22 heavy (non-hydrogen) atoms. The maximum atomic E-state index is 10.6. The lowest BCUT2D eigenvalue weighted by atomic mass is 10.2. The molecule has 3 aromatic rings. The van der Waals surface area contributed by atoms with E-state index in [1.807, 2.05) is 0 Å². The minimum atomic E-state index is -0.475. The monoisotopic (exact) mass is 335 g/mol. The van der Waals surface area contributed by atoms with Gasteiger partial charge in [0.2, 0.25) is 5.82 Å². The van der Waals surface area contributed by atoms with Gasteiger partial charge in [-0.3, -0.25) is 10.1 Å². The minimum Gasteiger partial charge on any atom is -0.334 e. The van der Waals surface area contributed by atoms with Crippen LogP contribution in [0.3, 0.4) is 0 Å². The highest BCUT2D eigenvalue weighted by Crippen LogP contribution is 2.33. The topological polar surface area (TPSA) is 82.1 Å². The lowest BCUT2D eigenvalue weighted by Crippen LogP contribution is -1.88. The zero-order chi connectivity index (χ0) is 15.7. The van der Waals surface area contributed by atoms with Crippen LogP contribution in [-0.2, 0) is 0 Å². The summed E-state index contributed by atoms with van der Waals surface area (Å²) in [6, 6.07) is 10.9. The fraction of sp³-hybridized carbons (Fsp3) is 0. The summed E-state index contributed by atoms with van der Waals surface area (Å²) in [7, 11) is 0. The Bertz CT molecular complexity index is 847. The molecule has 0 aliphatic carbocycles. The molecule has 0 unspecified atom stereocenters. The molecule has 0 amide bonds. The van der Waals surface area contributed by atoms with Crippen LogP contribution < -0.4 is 0 Å². The van der Waals surface area contributed by atoms with E-state index in [2.05, 4.69) is 10.1 Å². The molecule has 0 saturated heterocycles. The summed E-state index contributed by atoms with van der Waals surface area (Å²) in [6.07, 6.45) is 0. The lowest BCUT2D eigenvalue weighted by molar-refractivity contribution is -0.384. The number of nitro benzene ring substituents is 1. The van der Waals surface area contributed by atoms with Crippen LogP contribution in [0, 0.1) is 10.1 Å². The van der Waals surface area contributed by atoms with Crippen molar-refractivity contribution in [2.24, 2.45) is 0 Å². The number of hydrogen-bond acceptors (Lipinski definition) is 5. The van der Waals surface area contributed by atoms with Crippen LogP contribution >= 0.6 is 23.2 Å². The van der Waals surface area contributed by atoms with E-state index in [1.54, 1.807) is 30.3 Å². The maximum Gasteiger partial charge on any atom is 0.269 e. The van der Waals surface area contributed by atoms with Gasteiger partial charge in [0.15, 0.2) is 0 Å². The minimum absolute atomic E-state index is 0.00893. The normalized spacial score (nSPS) is 10.6. The largest absolute Gasteiger partial charge is 0.334 e. The predicted octanol–water partition coefficient (Wildman–Crippen LogP) is 4.62. The number of aromatic nitrogens is 2. The molecule has 0 aliphatic rings. The van der Waals surface area contributed by atoms with Gasteiger partial charge in [0.25, 0.3) is 11.6 Å². The average Bonchev–Trinajstić information content (AvgIpc) is 3.00. The van der Waals surface area contributed by atoms with Crippen molar-refractivity contribution >= 4 is 28.9 Å². The van der Waals surface area contributed by atoms with Crippen LogP contribution in [0.2, 0.25) is 10.0 Å². The molecule has 0 fully saturated rings. The van der Waals surface area contributed by atoms with Crippen LogP contribution in [0.15, 0.2) is 47.0 Å². The van der Waals surface area contributed by atoms with Gasteiger partial charge in [0, 0.05) is 17.7 Å². The van der Waals surface area contributed by atoms with Crippen LogP contribution in [0.25, 0.3) is 22.8 Å². The number of halogens is 2. The highest BCUT2D eigenvalue weighted by atomic mass is 35.5. The molecule has 0 saturated carbocycles. The first kappa shape index (κ1) is 14.5. The van der Waals surface area contributed by atoms with E-state index in [1.165, 1.54) is 12.1 Å². The Morgan fingerprint density at radius 2 is 1.82 bits per heavy atom. The van der Waals surface area contributed by atoms with E-state index in [0.29, 0.717) is 27.0 Å². The van der Waals surface area contributed by atoms with E-state index < -0.39 is 4.92 Å². The van der Waals surface area contributed by atoms with Gasteiger partial charge in [-0.2, -0.15) is 4.98 Å². The Labute approximate surface area is 134 Å². The van der Waals surface area contributed by atoms with Crippen molar-refractivity contribution in [3.05, 3.63) is 62.6 Å². The summed E-state index contributed by atoms with van der Waals surface area (Å²) in [5.74, 6) is 0.529. The molecule has 2 aromatic carbocycles. The van der Waals surface area contributed by atoms with E-state index in [9.17, 15) is 10.1 Å². The molecule has 1 heterocycles. The third-order valence-electron chi connectivity index (χ3n) is 2.94. The molecule has 0 aliphatic heterocycles. The van der Waals surface area contributed by atoms with E-state index in [-0.39, 0.29) is 11.6 Å². The molecule has 0 radical (unpaired) electrons. The summed E-state index contributed by atoms with van der Waals surface area (Å²) in [4.78, 5) is 14.4. The van der Waals surface area contributed by atoms with Crippen molar-refractivity contribution in [3.63, 3.8) is 0 Å². The van der Waals surface area contributed by atoms with Crippen molar-refractivity contribution in [1.29, 1.82) is 0 Å². The molecule has 0 atom stereocenters. The lowest BCUT2D eigenvalue weighted by Gasteiger charge is -1.99. The van der Waals surface area contributed by atoms with Crippen molar-refractivity contribution < 1.29 is 9.45 Å². The van der Waals surface area contributed by atoms with Crippen molar-refractivity contribution in [2.45, 2.75) is 0 Å². The molecular weight excluding hydrogens is 329 g/mol. The molecular formula is C14H7Cl2N3O3. The Morgan fingerprint density at radius 3 is 2.50 bits per heavy atom. The molecule has 6 nitrogen and oxygen atoms in total. The number of nitro groups is 1. The predicted molar refractivity (Wildman–Crippen MR) is 81.8 cm³/mol. The van der Waals surface area contributed by atoms with Crippen LogP contribution in [0.5, 0.6) is 0 Å². The second kappa shape index (κ2) is 5.75. The number of non-ortho nitro benzene ring substituents is 1. The maximum absolute atomic E-state index is 10.6. The van der Waals surface area contributed by atoms with Gasteiger partial charge >= 0.3 is 0 Å². The highest BCUT2D eigenvalue weighted by molar-refractivity contribution is 6.43. The smallest absolute Gasteiger partial charge is 0.269 e. The van der Waals surface area contributed by atoms with Crippen LogP contribution in [0.4, 0.5) is 5.69 Å². The Hall–Kier alpha value is -2.44. The fourth-order valence-corrected chi connectivity index (χ4v) is 2.23. The summed E-state index contributed by atoms with van der Waals surface area (Å²) < 4.78 is 5.18. The first-order chi connectivity index (χ1) is 10.6. The second-order valence-electron chi connectivity index (χ2n) is 4.33. The van der Waals surface area contributed by atoms with Crippen LogP contribution in [-0.4, -0.2) is 15.1 Å². The average molecular weight is 336 g/mol. The highest BCUT2D eigenvalue weighted by Gasteiger charge is 2.15. The number of rotatable bonds is 3. The third kappa shape index (κ3) is 2.66. The van der Waals surface area contributed by atoms with Gasteiger partial charge in [-0.05, 0) is 24.3 Å². The third-order valence-corrected chi connectivity index (χ3v) is 3.76. The Balaban J connectivity index is 1.97. The summed E-state index contributed by atoms with van der Waals surface area (Å²) in [5, 5.41) is 15.2. The Morgan fingerprint density at radius 1 is 1.09 bits per heavy atom. The standard InChI is InChI=1S/C14H7Cl2N3O3/c15-11-3-1-2-10(12(11)16)14-17-13(18-22-14)8-4-6-9(7-5-8)19(20)21/h1-7H. The van der Waals surface area contributed by atoms with Gasteiger partial charge in [-0.1, -0.05) is 34.4 Å². The van der Waals surface area contributed by atoms with Gasteiger partial charge in [0.1, 0.15) is 0 Å². The van der Waals surface area contributed by atoms with E-state index in [4.69, 9.17) is 27.7 Å². The molecule has 0 spiro atoms. The first-order valence-corrected chi connectivity index (χ1v) is 6.85. The summed E-state index contributed by atoms with van der Waals surface area (Å²) in [6.45, 7) is 0. The van der Waals surface area contributed by atoms with Gasteiger partial charge < -0.3 is 4.52 Å². The summed E-state index contributed by atoms with van der Waals surface area (Å²) in [5.41, 5.74) is 1.11. The quantitative estimate of drug-likeness (QED) is 0.515. The number of hydrogen-bond donors (Lipinski definition) is 0. The zero-order valence-electron chi connectivity index (χ0n) is 10.9. The van der Waals surface area contributed by atoms with Gasteiger partial charge in [-0.15, -0.1) is 0 Å².